The summed E-state index contributed by atoms with van der Waals surface area (Å²) < 4.78 is 33.3. The molecule has 0 N–H and O–H groups in total. The molecule has 0 aliphatic carbocycles. The molecule has 0 saturated carbocycles. The fourth-order valence-electron chi connectivity index (χ4n) is 3.03. The number of nitrogens with zero attached hydrogens (tertiary/aromatic N) is 2. The molecular formula is C18H18N2O3S2. The number of aryl methyl sites for hydroxylation is 1. The van der Waals surface area contributed by atoms with E-state index in [1.165, 1.54) is 16.9 Å². The molecule has 0 amide bonds. The van der Waals surface area contributed by atoms with E-state index in [9.17, 15) is 8.42 Å². The van der Waals surface area contributed by atoms with Gasteiger partial charge in [-0.15, -0.1) is 11.3 Å². The van der Waals surface area contributed by atoms with Gasteiger partial charge in [0.05, 0.1) is 10.6 Å². The number of hydrogen-bond acceptors (Lipinski definition) is 5. The van der Waals surface area contributed by atoms with Crippen LogP contribution in [0.1, 0.15) is 22.4 Å². The lowest BCUT2D eigenvalue weighted by atomic mass is 10.0. The molecule has 0 bridgehead atoms. The topological polar surface area (TPSA) is 63.4 Å². The average Bonchev–Trinajstić information content (AvgIpc) is 3.23. The molecule has 0 fully saturated rings. The summed E-state index contributed by atoms with van der Waals surface area (Å²) in [5.41, 5.74) is 4.07. The minimum Gasteiger partial charge on any atom is -0.355 e. The molecule has 0 radical (unpaired) electrons. The van der Waals surface area contributed by atoms with Crippen LogP contribution in [0.4, 0.5) is 0 Å². The second-order valence-corrected chi connectivity index (χ2v) is 9.45. The number of thiophene rings is 1. The molecule has 25 heavy (non-hydrogen) atoms. The van der Waals surface area contributed by atoms with Crippen LogP contribution in [-0.4, -0.2) is 24.4 Å². The molecule has 3 heterocycles. The lowest BCUT2D eigenvalue weighted by molar-refractivity contribution is 0.392. The van der Waals surface area contributed by atoms with Gasteiger partial charge in [0.1, 0.15) is 4.21 Å². The van der Waals surface area contributed by atoms with Gasteiger partial charge < -0.3 is 4.52 Å². The van der Waals surface area contributed by atoms with Gasteiger partial charge in [-0.2, -0.15) is 4.31 Å². The zero-order valence-electron chi connectivity index (χ0n) is 14.0. The number of sulfonamides is 1. The summed E-state index contributed by atoms with van der Waals surface area (Å²) in [6.45, 7) is 4.73. The van der Waals surface area contributed by atoms with Crippen molar-refractivity contribution in [2.24, 2.45) is 0 Å². The average molecular weight is 374 g/mol. The van der Waals surface area contributed by atoms with Crippen molar-refractivity contribution in [3.05, 3.63) is 58.8 Å². The summed E-state index contributed by atoms with van der Waals surface area (Å²) in [4.78, 5) is 0.786. The first kappa shape index (κ1) is 16.5. The molecule has 2 aromatic heterocycles. The monoisotopic (exact) mass is 374 g/mol. The lowest BCUT2D eigenvalue weighted by Gasteiger charge is -2.27. The first-order chi connectivity index (χ1) is 12.0. The molecule has 130 valence electrons. The predicted molar refractivity (Wildman–Crippen MR) is 97.0 cm³/mol. The molecule has 0 saturated heterocycles. The standard InChI is InChI=1S/C18H18N2O3S2/c1-12-13(2)19-23-18(12)16-7-8-17(24-16)25(21,22)20-10-9-14-5-3-4-6-15(14)11-20/h3-8H,9-11H2,1-2H3. The summed E-state index contributed by atoms with van der Waals surface area (Å²) in [5.74, 6) is 0.646. The highest BCUT2D eigenvalue weighted by molar-refractivity contribution is 7.91. The molecule has 0 unspecified atom stereocenters. The third-order valence-electron chi connectivity index (χ3n) is 4.65. The Bertz CT molecular complexity index is 1030. The number of fused-ring (bicyclic) bond motifs is 1. The Hall–Kier alpha value is -1.96. The quantitative estimate of drug-likeness (QED) is 0.700. The van der Waals surface area contributed by atoms with Crippen molar-refractivity contribution in [1.82, 2.24) is 9.46 Å². The highest BCUT2D eigenvalue weighted by atomic mass is 32.2. The van der Waals surface area contributed by atoms with Crippen LogP contribution in [0.2, 0.25) is 0 Å². The van der Waals surface area contributed by atoms with Gasteiger partial charge >= 0.3 is 0 Å². The van der Waals surface area contributed by atoms with Gasteiger partial charge in [-0.05, 0) is 43.5 Å². The number of benzene rings is 1. The van der Waals surface area contributed by atoms with Crippen LogP contribution in [0.25, 0.3) is 10.6 Å². The molecule has 1 aliphatic heterocycles. The van der Waals surface area contributed by atoms with E-state index in [1.807, 2.05) is 32.0 Å². The summed E-state index contributed by atoms with van der Waals surface area (Å²) in [5, 5.41) is 3.95. The van der Waals surface area contributed by atoms with E-state index in [1.54, 1.807) is 16.4 Å². The van der Waals surface area contributed by atoms with E-state index >= 15 is 0 Å². The van der Waals surface area contributed by atoms with Crippen LogP contribution in [-0.2, 0) is 23.0 Å². The molecule has 4 rings (SSSR count). The summed E-state index contributed by atoms with van der Waals surface area (Å²) >= 11 is 1.23. The van der Waals surface area contributed by atoms with E-state index in [-0.39, 0.29) is 0 Å². The van der Waals surface area contributed by atoms with E-state index in [4.69, 9.17) is 4.52 Å². The van der Waals surface area contributed by atoms with Gasteiger partial charge in [-0.25, -0.2) is 8.42 Å². The maximum atomic E-state index is 13.0. The molecule has 1 aromatic carbocycles. The zero-order chi connectivity index (χ0) is 17.6. The van der Waals surface area contributed by atoms with Crippen molar-refractivity contribution in [2.45, 2.75) is 31.0 Å². The van der Waals surface area contributed by atoms with Crippen LogP contribution in [0.3, 0.4) is 0 Å². The Morgan fingerprint density at radius 3 is 2.60 bits per heavy atom. The van der Waals surface area contributed by atoms with Crippen LogP contribution >= 0.6 is 11.3 Å². The van der Waals surface area contributed by atoms with Gasteiger partial charge in [0, 0.05) is 18.7 Å². The van der Waals surface area contributed by atoms with Gasteiger partial charge in [0.25, 0.3) is 10.0 Å². The predicted octanol–water partition coefficient (Wildman–Crippen LogP) is 3.77. The minimum absolute atomic E-state index is 0.343. The van der Waals surface area contributed by atoms with Crippen molar-refractivity contribution < 1.29 is 12.9 Å². The number of hydrogen-bond donors (Lipinski definition) is 0. The Morgan fingerprint density at radius 1 is 1.12 bits per heavy atom. The molecule has 3 aromatic rings. The molecule has 0 spiro atoms. The van der Waals surface area contributed by atoms with Crippen LogP contribution in [0.15, 0.2) is 45.1 Å². The number of rotatable bonds is 3. The van der Waals surface area contributed by atoms with Gasteiger partial charge in [0.15, 0.2) is 5.76 Å². The molecule has 5 nitrogen and oxygen atoms in total. The maximum Gasteiger partial charge on any atom is 0.252 e. The highest BCUT2D eigenvalue weighted by Gasteiger charge is 2.30. The summed E-state index contributed by atoms with van der Waals surface area (Å²) in [6.07, 6.45) is 0.744. The minimum atomic E-state index is -3.51. The van der Waals surface area contributed by atoms with Gasteiger partial charge in [-0.3, -0.25) is 0 Å². The van der Waals surface area contributed by atoms with Crippen LogP contribution in [0.5, 0.6) is 0 Å². The molecule has 0 atom stereocenters. The van der Waals surface area contributed by atoms with Crippen molar-refractivity contribution >= 4 is 21.4 Å². The maximum absolute atomic E-state index is 13.0. The summed E-state index contributed by atoms with van der Waals surface area (Å²) in [6, 6.07) is 11.5. The molecular weight excluding hydrogens is 356 g/mol. The van der Waals surface area contributed by atoms with Crippen molar-refractivity contribution in [1.29, 1.82) is 0 Å². The van der Waals surface area contributed by atoms with Crippen LogP contribution < -0.4 is 0 Å². The smallest absolute Gasteiger partial charge is 0.252 e. The third kappa shape index (κ3) is 2.82. The fraction of sp³-hybridized carbons (Fsp3) is 0.278. The Morgan fingerprint density at radius 2 is 1.88 bits per heavy atom. The van der Waals surface area contributed by atoms with E-state index in [2.05, 4.69) is 11.2 Å². The van der Waals surface area contributed by atoms with Crippen molar-refractivity contribution in [2.75, 3.05) is 6.54 Å². The van der Waals surface area contributed by atoms with Gasteiger partial charge in [0.2, 0.25) is 0 Å². The normalized spacial score (nSPS) is 15.3. The SMILES string of the molecule is Cc1noc(-c2ccc(S(=O)(=O)N3CCc4ccccc4C3)s2)c1C. The second kappa shape index (κ2) is 6.09. The van der Waals surface area contributed by atoms with Gasteiger partial charge in [-0.1, -0.05) is 29.4 Å². The molecule has 1 aliphatic rings. The fourth-order valence-corrected chi connectivity index (χ4v) is 5.94. The first-order valence-corrected chi connectivity index (χ1v) is 10.3. The lowest BCUT2D eigenvalue weighted by Crippen LogP contribution is -2.35. The number of aromatic nitrogens is 1. The van der Waals surface area contributed by atoms with Crippen molar-refractivity contribution in [3.63, 3.8) is 0 Å². The highest BCUT2D eigenvalue weighted by Crippen LogP contribution is 2.35. The Kier molecular flexibility index (Phi) is 4.02. The Balaban J connectivity index is 1.65. The first-order valence-electron chi connectivity index (χ1n) is 8.07. The summed E-state index contributed by atoms with van der Waals surface area (Å²) in [7, 11) is -3.51. The van der Waals surface area contributed by atoms with E-state index < -0.39 is 10.0 Å². The zero-order valence-corrected chi connectivity index (χ0v) is 15.7. The van der Waals surface area contributed by atoms with Crippen molar-refractivity contribution in [3.8, 4) is 10.6 Å². The largest absolute Gasteiger partial charge is 0.355 e. The van der Waals surface area contributed by atoms with Crippen LogP contribution in [0, 0.1) is 13.8 Å². The molecule has 7 heteroatoms. The van der Waals surface area contributed by atoms with E-state index in [0.29, 0.717) is 23.1 Å². The third-order valence-corrected chi connectivity index (χ3v) is 8.05. The second-order valence-electron chi connectivity index (χ2n) is 6.20. The van der Waals surface area contributed by atoms with E-state index in [0.717, 1.165) is 28.1 Å². The Labute approximate surface area is 150 Å².